The molecule has 0 bridgehead atoms. The number of rotatable bonds is 2. The van der Waals surface area contributed by atoms with E-state index in [2.05, 4.69) is 6.07 Å². The number of carbonyl (C=O) groups is 1. The standard InChI is InChI=1S/C10H13NO2S/c1-7-2-3-14-9(7)6-11-5-8(12)4-10(11)13/h2-3,8,12H,4-6H2,1H3. The van der Waals surface area contributed by atoms with Gasteiger partial charge >= 0.3 is 0 Å². The lowest BCUT2D eigenvalue weighted by Gasteiger charge is -2.14. The van der Waals surface area contributed by atoms with Gasteiger partial charge in [0.25, 0.3) is 0 Å². The molecule has 1 atom stereocenters. The molecule has 1 unspecified atom stereocenters. The van der Waals surface area contributed by atoms with Crippen LogP contribution in [-0.2, 0) is 11.3 Å². The van der Waals surface area contributed by atoms with E-state index in [0.717, 1.165) is 0 Å². The molecule has 1 N–H and O–H groups in total. The molecule has 2 rings (SSSR count). The van der Waals surface area contributed by atoms with Crippen LogP contribution in [0.15, 0.2) is 11.4 Å². The van der Waals surface area contributed by atoms with Crippen LogP contribution in [0, 0.1) is 6.92 Å². The van der Waals surface area contributed by atoms with Crippen LogP contribution in [-0.4, -0.2) is 28.6 Å². The lowest BCUT2D eigenvalue weighted by molar-refractivity contribution is -0.128. The maximum absolute atomic E-state index is 11.4. The van der Waals surface area contributed by atoms with Crippen molar-refractivity contribution in [2.75, 3.05) is 6.54 Å². The van der Waals surface area contributed by atoms with E-state index in [9.17, 15) is 9.90 Å². The van der Waals surface area contributed by atoms with E-state index in [0.29, 0.717) is 13.1 Å². The zero-order chi connectivity index (χ0) is 10.1. The number of likely N-dealkylation sites (tertiary alicyclic amines) is 1. The number of hydrogen-bond acceptors (Lipinski definition) is 3. The van der Waals surface area contributed by atoms with E-state index in [1.807, 2.05) is 12.3 Å². The second kappa shape index (κ2) is 3.71. The molecule has 0 aliphatic carbocycles. The van der Waals surface area contributed by atoms with Crippen molar-refractivity contribution in [3.8, 4) is 0 Å². The van der Waals surface area contributed by atoms with Crippen LogP contribution in [0.4, 0.5) is 0 Å². The van der Waals surface area contributed by atoms with Crippen molar-refractivity contribution in [1.82, 2.24) is 4.90 Å². The highest BCUT2D eigenvalue weighted by atomic mass is 32.1. The van der Waals surface area contributed by atoms with Crippen LogP contribution >= 0.6 is 11.3 Å². The van der Waals surface area contributed by atoms with Crippen LogP contribution in [0.25, 0.3) is 0 Å². The van der Waals surface area contributed by atoms with Gasteiger partial charge in [-0.15, -0.1) is 11.3 Å². The van der Waals surface area contributed by atoms with Gasteiger partial charge in [0, 0.05) is 11.4 Å². The van der Waals surface area contributed by atoms with Crippen molar-refractivity contribution in [2.24, 2.45) is 0 Å². The molecule has 3 nitrogen and oxygen atoms in total. The van der Waals surface area contributed by atoms with E-state index in [1.165, 1.54) is 10.4 Å². The molecule has 4 heteroatoms. The zero-order valence-electron chi connectivity index (χ0n) is 8.06. The fraction of sp³-hybridized carbons (Fsp3) is 0.500. The Kier molecular flexibility index (Phi) is 2.56. The van der Waals surface area contributed by atoms with E-state index in [-0.39, 0.29) is 12.3 Å². The molecule has 1 aromatic rings. The normalized spacial score (nSPS) is 22.0. The average molecular weight is 211 g/mol. The molecule has 2 heterocycles. The molecule has 0 spiro atoms. The van der Waals surface area contributed by atoms with Gasteiger partial charge < -0.3 is 10.0 Å². The Hall–Kier alpha value is -0.870. The van der Waals surface area contributed by atoms with Crippen LogP contribution in [0.5, 0.6) is 0 Å². The summed E-state index contributed by atoms with van der Waals surface area (Å²) in [5, 5.41) is 11.3. The summed E-state index contributed by atoms with van der Waals surface area (Å²) in [6, 6.07) is 2.05. The first-order chi connectivity index (χ1) is 6.66. The largest absolute Gasteiger partial charge is 0.391 e. The molecule has 0 aromatic carbocycles. The number of hydrogen-bond donors (Lipinski definition) is 1. The topological polar surface area (TPSA) is 40.5 Å². The smallest absolute Gasteiger partial charge is 0.225 e. The second-order valence-electron chi connectivity index (χ2n) is 3.66. The summed E-state index contributed by atoms with van der Waals surface area (Å²) >= 11 is 1.66. The van der Waals surface area contributed by atoms with Gasteiger partial charge in [0.1, 0.15) is 0 Å². The first kappa shape index (κ1) is 9.68. The molecule has 1 amide bonds. The minimum atomic E-state index is -0.470. The van der Waals surface area contributed by atoms with Crippen molar-refractivity contribution in [3.05, 3.63) is 21.9 Å². The molecule has 1 aromatic heterocycles. The van der Waals surface area contributed by atoms with E-state index < -0.39 is 6.10 Å². The maximum Gasteiger partial charge on any atom is 0.225 e. The number of carbonyl (C=O) groups excluding carboxylic acids is 1. The fourth-order valence-electron chi connectivity index (χ4n) is 1.64. The third-order valence-corrected chi connectivity index (χ3v) is 3.50. The van der Waals surface area contributed by atoms with Gasteiger partial charge in [-0.2, -0.15) is 0 Å². The van der Waals surface area contributed by atoms with Crippen LogP contribution < -0.4 is 0 Å². The summed E-state index contributed by atoms with van der Waals surface area (Å²) in [6.07, 6.45) is -0.187. The van der Waals surface area contributed by atoms with Gasteiger partial charge in [-0.25, -0.2) is 0 Å². The zero-order valence-corrected chi connectivity index (χ0v) is 8.88. The first-order valence-corrected chi connectivity index (χ1v) is 5.53. The maximum atomic E-state index is 11.4. The summed E-state index contributed by atoms with van der Waals surface area (Å²) < 4.78 is 0. The summed E-state index contributed by atoms with van der Waals surface area (Å²) in [4.78, 5) is 14.3. The van der Waals surface area contributed by atoms with E-state index in [1.54, 1.807) is 16.2 Å². The van der Waals surface area contributed by atoms with Gasteiger partial charge in [-0.05, 0) is 23.9 Å². The molecule has 1 fully saturated rings. The predicted octanol–water partition coefficient (Wildman–Crippen LogP) is 1.15. The van der Waals surface area contributed by atoms with Crippen molar-refractivity contribution >= 4 is 17.2 Å². The number of aryl methyl sites for hydroxylation is 1. The average Bonchev–Trinajstić information content (AvgIpc) is 2.62. The van der Waals surface area contributed by atoms with Gasteiger partial charge in [0.15, 0.2) is 0 Å². The lowest BCUT2D eigenvalue weighted by atomic mass is 10.3. The minimum absolute atomic E-state index is 0.0605. The molecular weight excluding hydrogens is 198 g/mol. The van der Waals surface area contributed by atoms with Gasteiger partial charge in [0.05, 0.1) is 19.1 Å². The molecule has 76 valence electrons. The van der Waals surface area contributed by atoms with Crippen LogP contribution in [0.1, 0.15) is 16.9 Å². The van der Waals surface area contributed by atoms with E-state index in [4.69, 9.17) is 0 Å². The molecule has 1 aliphatic heterocycles. The molecule has 1 aliphatic rings. The lowest BCUT2D eigenvalue weighted by Crippen LogP contribution is -2.25. The molecular formula is C10H13NO2S. The molecule has 14 heavy (non-hydrogen) atoms. The summed E-state index contributed by atoms with van der Waals surface area (Å²) in [7, 11) is 0. The number of aliphatic hydroxyl groups excluding tert-OH is 1. The first-order valence-electron chi connectivity index (χ1n) is 4.65. The number of nitrogens with zero attached hydrogens (tertiary/aromatic N) is 1. The Labute approximate surface area is 87.0 Å². The van der Waals surface area contributed by atoms with Crippen LogP contribution in [0.3, 0.4) is 0 Å². The Morgan fingerprint density at radius 3 is 3.00 bits per heavy atom. The predicted molar refractivity (Wildman–Crippen MR) is 55.1 cm³/mol. The Balaban J connectivity index is 2.05. The molecule has 1 saturated heterocycles. The number of aliphatic hydroxyl groups is 1. The third-order valence-electron chi connectivity index (χ3n) is 2.50. The molecule has 0 saturated carbocycles. The third kappa shape index (κ3) is 1.81. The fourth-order valence-corrected chi connectivity index (χ4v) is 2.56. The Morgan fingerprint density at radius 2 is 2.50 bits per heavy atom. The highest BCUT2D eigenvalue weighted by Crippen LogP contribution is 2.21. The SMILES string of the molecule is Cc1ccsc1CN1CC(O)CC1=O. The van der Waals surface area contributed by atoms with Crippen molar-refractivity contribution in [1.29, 1.82) is 0 Å². The van der Waals surface area contributed by atoms with Crippen molar-refractivity contribution in [2.45, 2.75) is 26.0 Å². The Morgan fingerprint density at radius 1 is 1.71 bits per heavy atom. The number of thiophene rings is 1. The van der Waals surface area contributed by atoms with Crippen molar-refractivity contribution in [3.63, 3.8) is 0 Å². The highest BCUT2D eigenvalue weighted by Gasteiger charge is 2.28. The summed E-state index contributed by atoms with van der Waals surface area (Å²) in [5.41, 5.74) is 1.23. The highest BCUT2D eigenvalue weighted by molar-refractivity contribution is 7.10. The quantitative estimate of drug-likeness (QED) is 0.797. The second-order valence-corrected chi connectivity index (χ2v) is 4.66. The molecule has 0 radical (unpaired) electrons. The monoisotopic (exact) mass is 211 g/mol. The summed E-state index contributed by atoms with van der Waals surface area (Å²) in [6.45, 7) is 3.18. The number of β-amino-alcohol motifs (C(OH)–C–C–N with tert-alkyl or cyclic N) is 1. The number of amides is 1. The summed E-state index contributed by atoms with van der Waals surface area (Å²) in [5.74, 6) is 0.0605. The van der Waals surface area contributed by atoms with Crippen molar-refractivity contribution < 1.29 is 9.90 Å². The van der Waals surface area contributed by atoms with Gasteiger partial charge in [0.2, 0.25) is 5.91 Å². The minimum Gasteiger partial charge on any atom is -0.391 e. The Bertz CT molecular complexity index is 348. The van der Waals surface area contributed by atoms with Gasteiger partial charge in [-0.3, -0.25) is 4.79 Å². The van der Waals surface area contributed by atoms with Gasteiger partial charge in [-0.1, -0.05) is 0 Å². The van der Waals surface area contributed by atoms with E-state index >= 15 is 0 Å². The van der Waals surface area contributed by atoms with Crippen LogP contribution in [0.2, 0.25) is 0 Å².